The van der Waals surface area contributed by atoms with Gasteiger partial charge in [0.25, 0.3) is 0 Å². The molecular weight excluding hydrogens is 376 g/mol. The van der Waals surface area contributed by atoms with Gasteiger partial charge in [-0.15, -0.1) is 0 Å². The molecule has 5 nitrogen and oxygen atoms in total. The molecular formula is C22H25F2N3O2. The van der Waals surface area contributed by atoms with E-state index in [1.807, 2.05) is 0 Å². The molecule has 1 heterocycles. The van der Waals surface area contributed by atoms with Crippen molar-refractivity contribution in [2.24, 2.45) is 17.1 Å². The standard InChI is InChI=1S/C22H25F2N3O2/c23-17-5-1-15(2-6-17)9-11-22(21(25)29)14-26-13-19(22)20(28)27-12-10-16-3-7-18(24)8-4-16/h1-8,19,26H,9-14H2,(H2,25,29)(H,27,28). The maximum atomic E-state index is 13.1. The number of carbonyl (C=O) groups is 2. The number of aryl methyl sites for hydroxylation is 1. The fourth-order valence-electron chi connectivity index (χ4n) is 3.87. The maximum absolute atomic E-state index is 13.1. The third-order valence-electron chi connectivity index (χ3n) is 5.66. The number of carbonyl (C=O) groups excluding carboxylic acids is 2. The lowest BCUT2D eigenvalue weighted by Crippen LogP contribution is -2.49. The van der Waals surface area contributed by atoms with Gasteiger partial charge in [-0.25, -0.2) is 8.78 Å². The molecule has 4 N–H and O–H groups in total. The molecule has 0 aromatic heterocycles. The van der Waals surface area contributed by atoms with Crippen LogP contribution in [0.2, 0.25) is 0 Å². The monoisotopic (exact) mass is 401 g/mol. The van der Waals surface area contributed by atoms with E-state index in [1.165, 1.54) is 24.3 Å². The Balaban J connectivity index is 1.62. The Morgan fingerprint density at radius 2 is 1.55 bits per heavy atom. The van der Waals surface area contributed by atoms with Gasteiger partial charge in [0.1, 0.15) is 11.6 Å². The minimum Gasteiger partial charge on any atom is -0.369 e. The lowest BCUT2D eigenvalue weighted by molar-refractivity contribution is -0.137. The molecule has 2 aromatic rings. The lowest BCUT2D eigenvalue weighted by atomic mass is 9.72. The van der Waals surface area contributed by atoms with Gasteiger partial charge in [-0.1, -0.05) is 24.3 Å². The summed E-state index contributed by atoms with van der Waals surface area (Å²) < 4.78 is 26.1. The van der Waals surface area contributed by atoms with Gasteiger partial charge in [-0.2, -0.15) is 0 Å². The summed E-state index contributed by atoms with van der Waals surface area (Å²) in [5, 5.41) is 5.99. The molecule has 2 unspecified atom stereocenters. The van der Waals surface area contributed by atoms with Crippen LogP contribution in [0.1, 0.15) is 17.5 Å². The number of hydrogen-bond acceptors (Lipinski definition) is 3. The van der Waals surface area contributed by atoms with Crippen LogP contribution in [0.4, 0.5) is 8.78 Å². The van der Waals surface area contributed by atoms with Gasteiger partial charge >= 0.3 is 0 Å². The van der Waals surface area contributed by atoms with Crippen molar-refractivity contribution in [3.05, 3.63) is 71.3 Å². The van der Waals surface area contributed by atoms with E-state index in [1.54, 1.807) is 24.3 Å². The zero-order valence-electron chi connectivity index (χ0n) is 16.1. The Kier molecular flexibility index (Phi) is 6.59. The van der Waals surface area contributed by atoms with Crippen LogP contribution in [0.15, 0.2) is 48.5 Å². The first-order chi connectivity index (χ1) is 13.9. The van der Waals surface area contributed by atoms with Crippen molar-refractivity contribution in [1.82, 2.24) is 10.6 Å². The summed E-state index contributed by atoms with van der Waals surface area (Å²) in [5.74, 6) is -1.94. The second-order valence-electron chi connectivity index (χ2n) is 7.50. The van der Waals surface area contributed by atoms with E-state index in [0.717, 1.165) is 11.1 Å². The van der Waals surface area contributed by atoms with E-state index < -0.39 is 17.2 Å². The number of nitrogens with two attached hydrogens (primary N) is 1. The van der Waals surface area contributed by atoms with Crippen molar-refractivity contribution in [1.29, 1.82) is 0 Å². The van der Waals surface area contributed by atoms with Crippen molar-refractivity contribution in [3.63, 3.8) is 0 Å². The predicted octanol–water partition coefficient (Wildman–Crippen LogP) is 1.95. The molecule has 0 saturated carbocycles. The minimum atomic E-state index is -0.992. The molecule has 0 radical (unpaired) electrons. The Labute approximate surface area is 168 Å². The van der Waals surface area contributed by atoms with Gasteiger partial charge in [0.05, 0.1) is 11.3 Å². The fourth-order valence-corrected chi connectivity index (χ4v) is 3.87. The molecule has 154 valence electrons. The number of hydrogen-bond donors (Lipinski definition) is 3. The van der Waals surface area contributed by atoms with Crippen LogP contribution < -0.4 is 16.4 Å². The number of benzene rings is 2. The first-order valence-electron chi connectivity index (χ1n) is 9.68. The van der Waals surface area contributed by atoms with E-state index in [9.17, 15) is 18.4 Å². The number of halogens is 2. The normalized spacial score (nSPS) is 21.1. The van der Waals surface area contributed by atoms with Gasteiger partial charge in [-0.3, -0.25) is 9.59 Å². The Morgan fingerprint density at radius 3 is 2.10 bits per heavy atom. The van der Waals surface area contributed by atoms with Gasteiger partial charge in [-0.05, 0) is 54.7 Å². The SMILES string of the molecule is NC(=O)C1(CCc2ccc(F)cc2)CNCC1C(=O)NCCc1ccc(F)cc1. The van der Waals surface area contributed by atoms with E-state index in [0.29, 0.717) is 38.9 Å². The Hall–Kier alpha value is -2.80. The zero-order valence-corrected chi connectivity index (χ0v) is 16.1. The van der Waals surface area contributed by atoms with Crippen molar-refractivity contribution in [3.8, 4) is 0 Å². The van der Waals surface area contributed by atoms with Crippen LogP contribution in [0.3, 0.4) is 0 Å². The summed E-state index contributed by atoms with van der Waals surface area (Å²) in [6.07, 6.45) is 1.48. The summed E-state index contributed by atoms with van der Waals surface area (Å²) in [6, 6.07) is 12.2. The first-order valence-corrected chi connectivity index (χ1v) is 9.68. The third-order valence-corrected chi connectivity index (χ3v) is 5.66. The molecule has 2 atom stereocenters. The molecule has 0 spiro atoms. The van der Waals surface area contributed by atoms with Crippen LogP contribution in [-0.2, 0) is 22.4 Å². The maximum Gasteiger partial charge on any atom is 0.225 e. The Morgan fingerprint density at radius 1 is 1.00 bits per heavy atom. The van der Waals surface area contributed by atoms with Crippen LogP contribution in [0.25, 0.3) is 0 Å². The summed E-state index contributed by atoms with van der Waals surface area (Å²) in [6.45, 7) is 1.09. The van der Waals surface area contributed by atoms with E-state index >= 15 is 0 Å². The highest BCUT2D eigenvalue weighted by molar-refractivity contribution is 5.91. The summed E-state index contributed by atoms with van der Waals surface area (Å²) >= 11 is 0. The van der Waals surface area contributed by atoms with Crippen LogP contribution >= 0.6 is 0 Å². The topological polar surface area (TPSA) is 84.2 Å². The molecule has 3 rings (SSSR count). The lowest BCUT2D eigenvalue weighted by Gasteiger charge is -2.30. The van der Waals surface area contributed by atoms with Gasteiger partial charge in [0, 0.05) is 19.6 Å². The highest BCUT2D eigenvalue weighted by Gasteiger charge is 2.50. The molecule has 7 heteroatoms. The number of primary amides is 1. The molecule has 2 amide bonds. The average molecular weight is 401 g/mol. The third kappa shape index (κ3) is 4.98. The number of nitrogens with one attached hydrogen (secondary N) is 2. The largest absolute Gasteiger partial charge is 0.369 e. The quantitative estimate of drug-likeness (QED) is 0.632. The van der Waals surface area contributed by atoms with Gasteiger partial charge < -0.3 is 16.4 Å². The zero-order chi connectivity index (χ0) is 20.9. The number of amides is 2. The van der Waals surface area contributed by atoms with E-state index in [-0.39, 0.29) is 17.5 Å². The van der Waals surface area contributed by atoms with Crippen LogP contribution in [-0.4, -0.2) is 31.4 Å². The molecule has 1 saturated heterocycles. The van der Waals surface area contributed by atoms with Crippen LogP contribution in [0.5, 0.6) is 0 Å². The minimum absolute atomic E-state index is 0.227. The molecule has 0 aliphatic carbocycles. The van der Waals surface area contributed by atoms with E-state index in [2.05, 4.69) is 10.6 Å². The fraction of sp³-hybridized carbons (Fsp3) is 0.364. The first kappa shape index (κ1) is 20.9. The molecule has 1 fully saturated rings. The highest BCUT2D eigenvalue weighted by atomic mass is 19.1. The Bertz CT molecular complexity index is 855. The predicted molar refractivity (Wildman–Crippen MR) is 106 cm³/mol. The second kappa shape index (κ2) is 9.13. The molecule has 0 bridgehead atoms. The van der Waals surface area contributed by atoms with Crippen molar-refractivity contribution in [2.45, 2.75) is 19.3 Å². The molecule has 2 aromatic carbocycles. The number of rotatable bonds is 8. The van der Waals surface area contributed by atoms with Gasteiger partial charge in [0.2, 0.25) is 11.8 Å². The van der Waals surface area contributed by atoms with Crippen molar-refractivity contribution < 1.29 is 18.4 Å². The second-order valence-corrected chi connectivity index (χ2v) is 7.50. The smallest absolute Gasteiger partial charge is 0.225 e. The molecule has 29 heavy (non-hydrogen) atoms. The van der Waals surface area contributed by atoms with Crippen molar-refractivity contribution >= 4 is 11.8 Å². The van der Waals surface area contributed by atoms with E-state index in [4.69, 9.17) is 5.73 Å². The van der Waals surface area contributed by atoms with Crippen LogP contribution in [0, 0.1) is 23.0 Å². The highest BCUT2D eigenvalue weighted by Crippen LogP contribution is 2.36. The van der Waals surface area contributed by atoms with Crippen molar-refractivity contribution in [2.75, 3.05) is 19.6 Å². The summed E-state index contributed by atoms with van der Waals surface area (Å²) in [4.78, 5) is 25.1. The van der Waals surface area contributed by atoms with Gasteiger partial charge in [0.15, 0.2) is 0 Å². The summed E-state index contributed by atoms with van der Waals surface area (Å²) in [5.41, 5.74) is 6.53. The summed E-state index contributed by atoms with van der Waals surface area (Å²) in [7, 11) is 0. The average Bonchev–Trinajstić information content (AvgIpc) is 3.14. The molecule has 1 aliphatic heterocycles. The molecule has 1 aliphatic rings.